The maximum atomic E-state index is 12.2. The Hall–Kier alpha value is -1.72. The number of amides is 1. The molecule has 2 rings (SSSR count). The van der Waals surface area contributed by atoms with Gasteiger partial charge in [-0.15, -0.1) is 0 Å². The van der Waals surface area contributed by atoms with E-state index in [1.807, 2.05) is 6.92 Å². The highest BCUT2D eigenvalue weighted by atomic mass is 19.4. The van der Waals surface area contributed by atoms with Crippen LogP contribution in [0.1, 0.15) is 13.3 Å². The van der Waals surface area contributed by atoms with Gasteiger partial charge in [-0.25, -0.2) is 0 Å². The van der Waals surface area contributed by atoms with Gasteiger partial charge in [0.2, 0.25) is 5.91 Å². The summed E-state index contributed by atoms with van der Waals surface area (Å²) in [6.07, 6.45) is -3.45. The van der Waals surface area contributed by atoms with Gasteiger partial charge in [0.15, 0.2) is 0 Å². The zero-order chi connectivity index (χ0) is 14.0. The minimum atomic E-state index is -4.29. The van der Waals surface area contributed by atoms with Crippen molar-refractivity contribution in [1.29, 1.82) is 0 Å². The third kappa shape index (κ3) is 3.87. The van der Waals surface area contributed by atoms with Crippen molar-refractivity contribution in [1.82, 2.24) is 0 Å². The van der Waals surface area contributed by atoms with Crippen LogP contribution in [0.5, 0.6) is 0 Å². The molecule has 0 unspecified atom stereocenters. The second-order valence-electron chi connectivity index (χ2n) is 4.82. The maximum absolute atomic E-state index is 12.2. The van der Waals surface area contributed by atoms with Crippen LogP contribution in [-0.2, 0) is 4.79 Å². The fraction of sp³-hybridized carbons (Fsp3) is 0.462. The van der Waals surface area contributed by atoms with E-state index in [0.717, 1.165) is 6.42 Å². The molecule has 104 valence electrons. The van der Waals surface area contributed by atoms with Crippen molar-refractivity contribution in [3.8, 4) is 0 Å². The molecule has 1 fully saturated rings. The molecule has 0 bridgehead atoms. The van der Waals surface area contributed by atoms with E-state index in [4.69, 9.17) is 0 Å². The van der Waals surface area contributed by atoms with Crippen LogP contribution in [0.2, 0.25) is 0 Å². The monoisotopic (exact) mass is 272 g/mol. The van der Waals surface area contributed by atoms with E-state index < -0.39 is 12.7 Å². The average Bonchev–Trinajstić information content (AvgIpc) is 3.04. The smallest absolute Gasteiger partial charge is 0.375 e. The molecule has 1 aromatic rings. The number of carbonyl (C=O) groups excluding carboxylic acids is 1. The second kappa shape index (κ2) is 5.11. The van der Waals surface area contributed by atoms with E-state index in [1.54, 1.807) is 18.2 Å². The fourth-order valence-corrected chi connectivity index (χ4v) is 1.85. The molecule has 2 N–H and O–H groups in total. The standard InChI is InChI=1S/C13H15F3N2O/c1-8-6-9(8)12(19)18-11-5-3-2-4-10(11)17-7-13(14,15)16/h2-5,8-9,17H,6-7H2,1H3,(H,18,19)/t8-,9-/m1/s1. The number of rotatable bonds is 4. The molecule has 0 heterocycles. The minimum absolute atomic E-state index is 0.0179. The molecule has 1 aliphatic carbocycles. The summed E-state index contributed by atoms with van der Waals surface area (Å²) < 4.78 is 36.5. The van der Waals surface area contributed by atoms with Crippen LogP contribution in [-0.4, -0.2) is 18.6 Å². The molecule has 19 heavy (non-hydrogen) atoms. The van der Waals surface area contributed by atoms with E-state index in [2.05, 4.69) is 10.6 Å². The first kappa shape index (κ1) is 13.7. The number of benzene rings is 1. The van der Waals surface area contributed by atoms with Gasteiger partial charge in [-0.2, -0.15) is 13.2 Å². The Kier molecular flexibility index (Phi) is 3.68. The molecule has 0 spiro atoms. The highest BCUT2D eigenvalue weighted by Crippen LogP contribution is 2.39. The largest absolute Gasteiger partial charge is 0.405 e. The molecule has 0 radical (unpaired) electrons. The predicted molar refractivity (Wildman–Crippen MR) is 66.9 cm³/mol. The van der Waals surface area contributed by atoms with Crippen molar-refractivity contribution < 1.29 is 18.0 Å². The first-order valence-electron chi connectivity index (χ1n) is 6.07. The number of alkyl halides is 3. The lowest BCUT2D eigenvalue weighted by Crippen LogP contribution is -2.22. The van der Waals surface area contributed by atoms with E-state index >= 15 is 0 Å². The highest BCUT2D eigenvalue weighted by molar-refractivity contribution is 5.97. The van der Waals surface area contributed by atoms with Gasteiger partial charge >= 0.3 is 6.18 Å². The molecule has 0 aliphatic heterocycles. The first-order valence-corrected chi connectivity index (χ1v) is 6.07. The molecule has 6 heteroatoms. The molecule has 0 aromatic heterocycles. The lowest BCUT2D eigenvalue weighted by molar-refractivity contribution is -0.117. The maximum Gasteiger partial charge on any atom is 0.405 e. The van der Waals surface area contributed by atoms with Gasteiger partial charge < -0.3 is 10.6 Å². The van der Waals surface area contributed by atoms with Gasteiger partial charge in [-0.3, -0.25) is 4.79 Å². The van der Waals surface area contributed by atoms with Gasteiger partial charge in [-0.05, 0) is 24.5 Å². The Morgan fingerprint density at radius 3 is 2.42 bits per heavy atom. The SMILES string of the molecule is C[C@@H]1C[C@H]1C(=O)Nc1ccccc1NCC(F)(F)F. The van der Waals surface area contributed by atoms with Crippen LogP contribution in [0, 0.1) is 11.8 Å². The zero-order valence-corrected chi connectivity index (χ0v) is 10.4. The van der Waals surface area contributed by atoms with Gasteiger partial charge in [0, 0.05) is 5.92 Å². The van der Waals surface area contributed by atoms with E-state index in [1.165, 1.54) is 6.07 Å². The van der Waals surface area contributed by atoms with Crippen molar-refractivity contribution in [3.05, 3.63) is 24.3 Å². The summed E-state index contributed by atoms with van der Waals surface area (Å²) >= 11 is 0. The third-order valence-electron chi connectivity index (χ3n) is 3.11. The Bertz CT molecular complexity index is 473. The normalized spacial score (nSPS) is 21.9. The van der Waals surface area contributed by atoms with Crippen molar-refractivity contribution in [2.45, 2.75) is 19.5 Å². The Morgan fingerprint density at radius 1 is 1.32 bits per heavy atom. The van der Waals surface area contributed by atoms with E-state index in [-0.39, 0.29) is 17.5 Å². The lowest BCUT2D eigenvalue weighted by atomic mass is 10.2. The Balaban J connectivity index is 2.01. The highest BCUT2D eigenvalue weighted by Gasteiger charge is 2.39. The summed E-state index contributed by atoms with van der Waals surface area (Å²) in [4.78, 5) is 11.8. The van der Waals surface area contributed by atoms with Gasteiger partial charge in [0.1, 0.15) is 6.54 Å². The van der Waals surface area contributed by atoms with Gasteiger partial charge in [0.25, 0.3) is 0 Å². The predicted octanol–water partition coefficient (Wildman–Crippen LogP) is 3.26. The summed E-state index contributed by atoms with van der Waals surface area (Å²) in [5.41, 5.74) is 0.664. The Morgan fingerprint density at radius 2 is 1.89 bits per heavy atom. The lowest BCUT2D eigenvalue weighted by Gasteiger charge is -2.14. The number of carbonyl (C=O) groups is 1. The fourth-order valence-electron chi connectivity index (χ4n) is 1.85. The molecule has 1 aromatic carbocycles. The number of para-hydroxylation sites is 2. The zero-order valence-electron chi connectivity index (χ0n) is 10.4. The summed E-state index contributed by atoms with van der Waals surface area (Å²) in [7, 11) is 0. The van der Waals surface area contributed by atoms with Crippen LogP contribution in [0.15, 0.2) is 24.3 Å². The summed E-state index contributed by atoms with van der Waals surface area (Å²) in [6.45, 7) is 0.845. The molecule has 1 aliphatic rings. The van der Waals surface area contributed by atoms with Crippen LogP contribution in [0.4, 0.5) is 24.5 Å². The molecule has 0 saturated heterocycles. The van der Waals surface area contributed by atoms with Crippen LogP contribution < -0.4 is 10.6 Å². The van der Waals surface area contributed by atoms with Crippen LogP contribution in [0.3, 0.4) is 0 Å². The quantitative estimate of drug-likeness (QED) is 0.883. The average molecular weight is 272 g/mol. The van der Waals surface area contributed by atoms with Crippen molar-refractivity contribution >= 4 is 17.3 Å². The second-order valence-corrected chi connectivity index (χ2v) is 4.82. The molecule has 3 nitrogen and oxygen atoms in total. The Labute approximate surface area is 109 Å². The number of hydrogen-bond donors (Lipinski definition) is 2. The topological polar surface area (TPSA) is 41.1 Å². The number of anilines is 2. The van der Waals surface area contributed by atoms with Crippen LogP contribution in [0.25, 0.3) is 0 Å². The number of nitrogens with one attached hydrogen (secondary N) is 2. The van der Waals surface area contributed by atoms with Crippen molar-refractivity contribution in [2.75, 3.05) is 17.2 Å². The van der Waals surface area contributed by atoms with Crippen molar-refractivity contribution in [2.24, 2.45) is 11.8 Å². The van der Waals surface area contributed by atoms with E-state index in [0.29, 0.717) is 11.6 Å². The molecule has 1 amide bonds. The van der Waals surface area contributed by atoms with Crippen molar-refractivity contribution in [3.63, 3.8) is 0 Å². The summed E-state index contributed by atoms with van der Waals surface area (Å²) in [5, 5.41) is 4.96. The molecule has 2 atom stereocenters. The summed E-state index contributed by atoms with van der Waals surface area (Å²) in [5.74, 6) is 0.208. The number of halogens is 3. The first-order chi connectivity index (χ1) is 8.87. The minimum Gasteiger partial charge on any atom is -0.375 e. The number of hydrogen-bond acceptors (Lipinski definition) is 2. The molecular weight excluding hydrogens is 257 g/mol. The van der Waals surface area contributed by atoms with Gasteiger partial charge in [-0.1, -0.05) is 19.1 Å². The third-order valence-corrected chi connectivity index (χ3v) is 3.11. The van der Waals surface area contributed by atoms with E-state index in [9.17, 15) is 18.0 Å². The molecular formula is C13H15F3N2O. The van der Waals surface area contributed by atoms with Gasteiger partial charge in [0.05, 0.1) is 11.4 Å². The van der Waals surface area contributed by atoms with Crippen LogP contribution >= 0.6 is 0 Å². The summed E-state index contributed by atoms with van der Waals surface area (Å²) in [6, 6.07) is 6.39. The molecule has 1 saturated carbocycles.